The van der Waals surface area contributed by atoms with Crippen molar-refractivity contribution in [3.8, 4) is 0 Å². The van der Waals surface area contributed by atoms with Crippen molar-refractivity contribution in [1.82, 2.24) is 10.2 Å². The number of amides is 2. The van der Waals surface area contributed by atoms with Gasteiger partial charge in [0.2, 0.25) is 0 Å². The molecule has 1 unspecified atom stereocenters. The van der Waals surface area contributed by atoms with E-state index < -0.39 is 36.1 Å². The Balaban J connectivity index is 1.82. The van der Waals surface area contributed by atoms with Crippen LogP contribution in [0.25, 0.3) is 0 Å². The number of urea groups is 1. The molecule has 8 heteroatoms. The second-order valence-corrected chi connectivity index (χ2v) is 5.21. The molecular weight excluding hydrogens is 265 g/mol. The Morgan fingerprint density at radius 2 is 2.00 bits per heavy atom. The standard InChI is InChI=1S/C11H15F3N2O3/c12-11(13,14)10(2-3-10)6-15-9(19)16-4-1-7(5-16)8(17)18/h7H,1-6H2,(H,15,19)(H,17,18). The number of rotatable bonds is 3. The highest BCUT2D eigenvalue weighted by Gasteiger charge is 2.63. The molecule has 2 rings (SSSR count). The van der Waals surface area contributed by atoms with Crippen LogP contribution in [0.1, 0.15) is 19.3 Å². The van der Waals surface area contributed by atoms with Crippen LogP contribution in [0.15, 0.2) is 0 Å². The molecule has 0 bridgehead atoms. The molecule has 2 fully saturated rings. The third kappa shape index (κ3) is 2.76. The van der Waals surface area contributed by atoms with Crippen molar-refractivity contribution < 1.29 is 27.9 Å². The predicted octanol–water partition coefficient (Wildman–Crippen LogP) is 1.45. The van der Waals surface area contributed by atoms with E-state index in [1.165, 1.54) is 4.90 Å². The van der Waals surface area contributed by atoms with Crippen LogP contribution in [0.5, 0.6) is 0 Å². The van der Waals surface area contributed by atoms with Gasteiger partial charge in [-0.3, -0.25) is 4.79 Å². The first-order valence-corrected chi connectivity index (χ1v) is 6.07. The van der Waals surface area contributed by atoms with Gasteiger partial charge in [-0.05, 0) is 19.3 Å². The number of nitrogens with one attached hydrogen (secondary N) is 1. The maximum Gasteiger partial charge on any atom is 0.396 e. The highest BCUT2D eigenvalue weighted by atomic mass is 19.4. The van der Waals surface area contributed by atoms with Crippen molar-refractivity contribution in [3.63, 3.8) is 0 Å². The highest BCUT2D eigenvalue weighted by molar-refractivity contribution is 5.77. The lowest BCUT2D eigenvalue weighted by molar-refractivity contribution is -0.184. The van der Waals surface area contributed by atoms with Crippen LogP contribution in [0.2, 0.25) is 0 Å². The van der Waals surface area contributed by atoms with Gasteiger partial charge in [-0.1, -0.05) is 0 Å². The number of carbonyl (C=O) groups excluding carboxylic acids is 1. The Kier molecular flexibility index (Phi) is 3.36. The molecule has 2 aliphatic rings. The predicted molar refractivity (Wildman–Crippen MR) is 58.4 cm³/mol. The number of likely N-dealkylation sites (tertiary alicyclic amines) is 1. The largest absolute Gasteiger partial charge is 0.481 e. The normalized spacial score (nSPS) is 25.2. The van der Waals surface area contributed by atoms with E-state index in [2.05, 4.69) is 5.32 Å². The monoisotopic (exact) mass is 280 g/mol. The zero-order valence-electron chi connectivity index (χ0n) is 10.2. The van der Waals surface area contributed by atoms with Gasteiger partial charge in [-0.15, -0.1) is 0 Å². The molecule has 1 aliphatic carbocycles. The second kappa shape index (κ2) is 4.57. The average molecular weight is 280 g/mol. The van der Waals surface area contributed by atoms with Gasteiger partial charge in [0.15, 0.2) is 0 Å². The minimum atomic E-state index is -4.30. The smallest absolute Gasteiger partial charge is 0.396 e. The average Bonchev–Trinajstić information content (AvgIpc) is 2.94. The molecule has 1 atom stereocenters. The maximum absolute atomic E-state index is 12.6. The molecule has 0 aromatic carbocycles. The summed E-state index contributed by atoms with van der Waals surface area (Å²) in [6.45, 7) is -0.106. The number of halogens is 3. The van der Waals surface area contributed by atoms with E-state index in [0.717, 1.165) is 0 Å². The minimum Gasteiger partial charge on any atom is -0.481 e. The van der Waals surface area contributed by atoms with E-state index in [9.17, 15) is 22.8 Å². The Hall–Kier alpha value is -1.47. The van der Waals surface area contributed by atoms with Gasteiger partial charge in [-0.25, -0.2) is 4.79 Å². The fraction of sp³-hybridized carbons (Fsp3) is 0.818. The Morgan fingerprint density at radius 3 is 2.42 bits per heavy atom. The lowest BCUT2D eigenvalue weighted by Gasteiger charge is -2.22. The van der Waals surface area contributed by atoms with Crippen LogP contribution in [0, 0.1) is 11.3 Å². The number of nitrogens with zero attached hydrogens (tertiary/aromatic N) is 1. The third-order valence-electron chi connectivity index (χ3n) is 3.86. The number of carboxylic acid groups (broad SMARTS) is 1. The second-order valence-electron chi connectivity index (χ2n) is 5.21. The molecular formula is C11H15F3N2O3. The van der Waals surface area contributed by atoms with Crippen LogP contribution in [0.3, 0.4) is 0 Å². The van der Waals surface area contributed by atoms with E-state index in [0.29, 0.717) is 6.42 Å². The van der Waals surface area contributed by atoms with Gasteiger partial charge in [0, 0.05) is 19.6 Å². The van der Waals surface area contributed by atoms with Crippen LogP contribution in [0.4, 0.5) is 18.0 Å². The number of aliphatic carboxylic acids is 1. The van der Waals surface area contributed by atoms with Crippen molar-refractivity contribution in [1.29, 1.82) is 0 Å². The molecule has 1 saturated heterocycles. The lowest BCUT2D eigenvalue weighted by atomic mass is 10.1. The highest BCUT2D eigenvalue weighted by Crippen LogP contribution is 2.57. The zero-order valence-corrected chi connectivity index (χ0v) is 10.2. The SMILES string of the molecule is O=C(O)C1CCN(C(=O)NCC2(C(F)(F)F)CC2)C1. The van der Waals surface area contributed by atoms with E-state index in [1.54, 1.807) is 0 Å². The summed E-state index contributed by atoms with van der Waals surface area (Å²) in [4.78, 5) is 23.6. The Morgan fingerprint density at radius 1 is 1.37 bits per heavy atom. The number of carbonyl (C=O) groups is 2. The Bertz CT molecular complexity index is 393. The van der Waals surface area contributed by atoms with Gasteiger partial charge in [0.25, 0.3) is 0 Å². The van der Waals surface area contributed by atoms with Crippen molar-refractivity contribution in [3.05, 3.63) is 0 Å². The molecule has 108 valence electrons. The van der Waals surface area contributed by atoms with E-state index in [1.807, 2.05) is 0 Å². The summed E-state index contributed by atoms with van der Waals surface area (Å²) < 4.78 is 37.9. The van der Waals surface area contributed by atoms with Gasteiger partial charge >= 0.3 is 18.2 Å². The van der Waals surface area contributed by atoms with Gasteiger partial charge in [-0.2, -0.15) is 13.2 Å². The zero-order chi connectivity index (χ0) is 14.3. The van der Waals surface area contributed by atoms with E-state index in [4.69, 9.17) is 5.11 Å². The van der Waals surface area contributed by atoms with Gasteiger partial charge < -0.3 is 15.3 Å². The van der Waals surface area contributed by atoms with E-state index >= 15 is 0 Å². The molecule has 0 radical (unpaired) electrons. The molecule has 1 heterocycles. The van der Waals surface area contributed by atoms with Crippen molar-refractivity contribution in [2.75, 3.05) is 19.6 Å². The molecule has 1 saturated carbocycles. The lowest BCUT2D eigenvalue weighted by Crippen LogP contribution is -2.44. The summed E-state index contributed by atoms with van der Waals surface area (Å²) in [6.07, 6.45) is -3.88. The molecule has 0 spiro atoms. The maximum atomic E-state index is 12.6. The summed E-state index contributed by atoms with van der Waals surface area (Å²) >= 11 is 0. The summed E-state index contributed by atoms with van der Waals surface area (Å²) in [5, 5.41) is 11.0. The summed E-state index contributed by atoms with van der Waals surface area (Å²) in [5.41, 5.74) is -1.77. The van der Waals surface area contributed by atoms with Crippen molar-refractivity contribution in [2.45, 2.75) is 25.4 Å². The Labute approximate surface area is 107 Å². The van der Waals surface area contributed by atoms with Crippen LogP contribution < -0.4 is 5.32 Å². The first-order valence-electron chi connectivity index (χ1n) is 6.07. The number of carboxylic acids is 1. The molecule has 19 heavy (non-hydrogen) atoms. The molecule has 1 aliphatic heterocycles. The fourth-order valence-corrected chi connectivity index (χ4v) is 2.21. The van der Waals surface area contributed by atoms with E-state index in [-0.39, 0.29) is 25.9 Å². The topological polar surface area (TPSA) is 69.6 Å². The van der Waals surface area contributed by atoms with Crippen molar-refractivity contribution >= 4 is 12.0 Å². The third-order valence-corrected chi connectivity index (χ3v) is 3.86. The molecule has 0 aromatic heterocycles. The molecule has 0 aromatic rings. The van der Waals surface area contributed by atoms with Gasteiger partial charge in [0.05, 0.1) is 11.3 Å². The van der Waals surface area contributed by atoms with Crippen LogP contribution in [-0.4, -0.2) is 47.8 Å². The van der Waals surface area contributed by atoms with Crippen LogP contribution in [-0.2, 0) is 4.79 Å². The molecule has 2 N–H and O–H groups in total. The summed E-state index contributed by atoms with van der Waals surface area (Å²) in [5.74, 6) is -1.60. The summed E-state index contributed by atoms with van der Waals surface area (Å²) in [7, 11) is 0. The van der Waals surface area contributed by atoms with Crippen molar-refractivity contribution in [2.24, 2.45) is 11.3 Å². The number of alkyl halides is 3. The van der Waals surface area contributed by atoms with Gasteiger partial charge in [0.1, 0.15) is 0 Å². The molecule has 5 nitrogen and oxygen atoms in total. The first-order chi connectivity index (χ1) is 8.75. The summed E-state index contributed by atoms with van der Waals surface area (Å²) in [6, 6.07) is -0.612. The quantitative estimate of drug-likeness (QED) is 0.822. The molecule has 2 amide bonds. The fourth-order valence-electron chi connectivity index (χ4n) is 2.21. The first kappa shape index (κ1) is 14.0. The minimum absolute atomic E-state index is 0.0362. The van der Waals surface area contributed by atoms with Crippen LogP contribution >= 0.6 is 0 Å². The number of hydrogen-bond donors (Lipinski definition) is 2. The number of hydrogen-bond acceptors (Lipinski definition) is 2.